The SMILES string of the molecule is O=C(NC1CCCCCC1)c1cccc(NC(=O)c2ccccc2-c2cccs2)c1. The van der Waals surface area contributed by atoms with Crippen LogP contribution in [0.25, 0.3) is 10.4 Å². The van der Waals surface area contributed by atoms with Crippen molar-refractivity contribution in [3.05, 3.63) is 77.2 Å². The molecule has 5 heteroatoms. The Morgan fingerprint density at radius 3 is 2.40 bits per heavy atom. The minimum atomic E-state index is -0.180. The smallest absolute Gasteiger partial charge is 0.256 e. The van der Waals surface area contributed by atoms with Gasteiger partial charge in [-0.25, -0.2) is 0 Å². The number of carbonyl (C=O) groups is 2. The second-order valence-corrected chi connectivity index (χ2v) is 8.67. The van der Waals surface area contributed by atoms with Crippen LogP contribution >= 0.6 is 11.3 Å². The fraction of sp³-hybridized carbons (Fsp3) is 0.280. The van der Waals surface area contributed by atoms with Crippen LogP contribution in [0.3, 0.4) is 0 Å². The Morgan fingerprint density at radius 1 is 0.833 bits per heavy atom. The van der Waals surface area contributed by atoms with E-state index in [1.807, 2.05) is 53.9 Å². The van der Waals surface area contributed by atoms with E-state index in [9.17, 15) is 9.59 Å². The van der Waals surface area contributed by atoms with Gasteiger partial charge in [-0.15, -0.1) is 11.3 Å². The van der Waals surface area contributed by atoms with Gasteiger partial charge in [-0.2, -0.15) is 0 Å². The van der Waals surface area contributed by atoms with Crippen LogP contribution in [-0.4, -0.2) is 17.9 Å². The van der Waals surface area contributed by atoms with Gasteiger partial charge >= 0.3 is 0 Å². The van der Waals surface area contributed by atoms with E-state index < -0.39 is 0 Å². The second kappa shape index (κ2) is 9.72. The highest BCUT2D eigenvalue weighted by Gasteiger charge is 2.17. The highest BCUT2D eigenvalue weighted by atomic mass is 32.1. The molecule has 0 radical (unpaired) electrons. The molecule has 4 nitrogen and oxygen atoms in total. The topological polar surface area (TPSA) is 58.2 Å². The first-order valence-electron chi connectivity index (χ1n) is 10.6. The molecule has 154 valence electrons. The van der Waals surface area contributed by atoms with Crippen LogP contribution in [0.15, 0.2) is 66.0 Å². The number of anilines is 1. The van der Waals surface area contributed by atoms with Gasteiger partial charge in [-0.1, -0.05) is 56.0 Å². The molecule has 1 saturated carbocycles. The molecule has 1 heterocycles. The van der Waals surface area contributed by atoms with Gasteiger partial charge in [0.25, 0.3) is 11.8 Å². The maximum Gasteiger partial charge on any atom is 0.256 e. The van der Waals surface area contributed by atoms with Crippen molar-refractivity contribution in [2.45, 2.75) is 44.6 Å². The van der Waals surface area contributed by atoms with Gasteiger partial charge in [-0.05, 0) is 48.6 Å². The molecular weight excluding hydrogens is 392 g/mol. The van der Waals surface area contributed by atoms with E-state index in [1.54, 1.807) is 23.5 Å². The third-order valence-corrected chi connectivity index (χ3v) is 6.43. The van der Waals surface area contributed by atoms with Crippen molar-refractivity contribution in [3.8, 4) is 10.4 Å². The zero-order valence-electron chi connectivity index (χ0n) is 16.9. The summed E-state index contributed by atoms with van der Waals surface area (Å²) in [5, 5.41) is 8.12. The number of rotatable bonds is 5. The fourth-order valence-corrected chi connectivity index (χ4v) is 4.72. The first kappa shape index (κ1) is 20.4. The van der Waals surface area contributed by atoms with Crippen molar-refractivity contribution >= 4 is 28.8 Å². The van der Waals surface area contributed by atoms with Gasteiger partial charge in [0.1, 0.15) is 0 Å². The highest BCUT2D eigenvalue weighted by Crippen LogP contribution is 2.28. The van der Waals surface area contributed by atoms with Gasteiger partial charge in [0, 0.05) is 33.3 Å². The van der Waals surface area contributed by atoms with E-state index in [4.69, 9.17) is 0 Å². The van der Waals surface area contributed by atoms with Crippen molar-refractivity contribution in [3.63, 3.8) is 0 Å². The number of amides is 2. The van der Waals surface area contributed by atoms with Crippen molar-refractivity contribution in [1.82, 2.24) is 5.32 Å². The Kier molecular flexibility index (Phi) is 6.60. The number of benzene rings is 2. The van der Waals surface area contributed by atoms with Crippen LogP contribution < -0.4 is 10.6 Å². The standard InChI is InChI=1S/C25H26N2O2S/c28-24(26-19-10-3-1-2-4-11-19)18-9-7-12-20(17-18)27-25(29)22-14-6-5-13-21(22)23-15-8-16-30-23/h5-9,12-17,19H,1-4,10-11H2,(H,26,28)(H,27,29). The van der Waals surface area contributed by atoms with E-state index in [0.717, 1.165) is 23.3 Å². The zero-order valence-corrected chi connectivity index (χ0v) is 17.7. The third-order valence-electron chi connectivity index (χ3n) is 5.53. The summed E-state index contributed by atoms with van der Waals surface area (Å²) < 4.78 is 0. The Balaban J connectivity index is 1.47. The minimum Gasteiger partial charge on any atom is -0.349 e. The molecule has 0 saturated heterocycles. The molecule has 0 aliphatic heterocycles. The quantitative estimate of drug-likeness (QED) is 0.490. The van der Waals surface area contributed by atoms with Crippen molar-refractivity contribution in [1.29, 1.82) is 0 Å². The van der Waals surface area contributed by atoms with Gasteiger partial charge in [0.15, 0.2) is 0 Å². The van der Waals surface area contributed by atoms with Crippen LogP contribution in [0.2, 0.25) is 0 Å². The van der Waals surface area contributed by atoms with E-state index >= 15 is 0 Å². The van der Waals surface area contributed by atoms with E-state index in [-0.39, 0.29) is 17.9 Å². The van der Waals surface area contributed by atoms with Gasteiger partial charge in [0.05, 0.1) is 0 Å². The fourth-order valence-electron chi connectivity index (χ4n) is 3.96. The third kappa shape index (κ3) is 4.97. The van der Waals surface area contributed by atoms with Crippen LogP contribution in [-0.2, 0) is 0 Å². The number of thiophene rings is 1. The molecule has 30 heavy (non-hydrogen) atoms. The van der Waals surface area contributed by atoms with Crippen LogP contribution in [0.5, 0.6) is 0 Å². The number of nitrogens with one attached hydrogen (secondary N) is 2. The minimum absolute atomic E-state index is 0.0722. The first-order valence-corrected chi connectivity index (χ1v) is 11.4. The van der Waals surface area contributed by atoms with Crippen molar-refractivity contribution < 1.29 is 9.59 Å². The lowest BCUT2D eigenvalue weighted by Gasteiger charge is -2.16. The summed E-state index contributed by atoms with van der Waals surface area (Å²) in [4.78, 5) is 26.7. The lowest BCUT2D eigenvalue weighted by Crippen LogP contribution is -2.34. The highest BCUT2D eigenvalue weighted by molar-refractivity contribution is 7.13. The maximum absolute atomic E-state index is 13.0. The molecule has 3 aromatic rings. The Bertz CT molecular complexity index is 1010. The average Bonchev–Trinajstić information content (AvgIpc) is 3.19. The molecule has 4 rings (SSSR count). The lowest BCUT2D eigenvalue weighted by molar-refractivity contribution is 0.0932. The van der Waals surface area contributed by atoms with E-state index in [1.165, 1.54) is 25.7 Å². The predicted octanol–water partition coefficient (Wildman–Crippen LogP) is 6.12. The zero-order chi connectivity index (χ0) is 20.8. The first-order chi connectivity index (χ1) is 14.7. The molecule has 0 atom stereocenters. The monoisotopic (exact) mass is 418 g/mol. The summed E-state index contributed by atoms with van der Waals surface area (Å²) in [5.41, 5.74) is 2.72. The molecule has 2 N–H and O–H groups in total. The van der Waals surface area contributed by atoms with Crippen LogP contribution in [0.1, 0.15) is 59.2 Å². The summed E-state index contributed by atoms with van der Waals surface area (Å²) in [5.74, 6) is -0.252. The summed E-state index contributed by atoms with van der Waals surface area (Å²) in [6, 6.07) is 19.0. The van der Waals surface area contributed by atoms with Gasteiger partial charge in [0.2, 0.25) is 0 Å². The molecule has 0 spiro atoms. The predicted molar refractivity (Wildman–Crippen MR) is 123 cm³/mol. The molecule has 1 aliphatic rings. The molecule has 2 aromatic carbocycles. The summed E-state index contributed by atoms with van der Waals surface area (Å²) in [6.45, 7) is 0. The summed E-state index contributed by atoms with van der Waals surface area (Å²) in [6.07, 6.45) is 6.93. The molecule has 0 unspecified atom stereocenters. The van der Waals surface area contributed by atoms with E-state index in [2.05, 4.69) is 10.6 Å². The summed E-state index contributed by atoms with van der Waals surface area (Å²) in [7, 11) is 0. The number of carbonyl (C=O) groups excluding carboxylic acids is 2. The average molecular weight is 419 g/mol. The Hall–Kier alpha value is -2.92. The van der Waals surface area contributed by atoms with Crippen LogP contribution in [0, 0.1) is 0 Å². The summed E-state index contributed by atoms with van der Waals surface area (Å²) >= 11 is 1.61. The van der Waals surface area contributed by atoms with Gasteiger partial charge in [-0.3, -0.25) is 9.59 Å². The normalized spacial score (nSPS) is 14.7. The number of hydrogen-bond acceptors (Lipinski definition) is 3. The lowest BCUT2D eigenvalue weighted by atomic mass is 10.0. The Morgan fingerprint density at radius 2 is 1.63 bits per heavy atom. The molecular formula is C25H26N2O2S. The van der Waals surface area contributed by atoms with Gasteiger partial charge < -0.3 is 10.6 Å². The molecule has 1 aliphatic carbocycles. The molecule has 0 bridgehead atoms. The largest absolute Gasteiger partial charge is 0.349 e. The maximum atomic E-state index is 13.0. The molecule has 2 amide bonds. The van der Waals surface area contributed by atoms with E-state index in [0.29, 0.717) is 16.8 Å². The van der Waals surface area contributed by atoms with Crippen molar-refractivity contribution in [2.24, 2.45) is 0 Å². The molecule has 1 fully saturated rings. The van der Waals surface area contributed by atoms with Crippen LogP contribution in [0.4, 0.5) is 5.69 Å². The van der Waals surface area contributed by atoms with Crippen molar-refractivity contribution in [2.75, 3.05) is 5.32 Å². The number of hydrogen-bond donors (Lipinski definition) is 2. The molecule has 1 aromatic heterocycles. The second-order valence-electron chi connectivity index (χ2n) is 7.72. The Labute approximate surface area is 181 Å².